The highest BCUT2D eigenvalue weighted by Gasteiger charge is 2.22. The van der Waals surface area contributed by atoms with Crippen LogP contribution in [-0.2, 0) is 0 Å². The standard InChI is InChI=1S/C20H20F2N4O/c1-26-8-6-12(7-9-26)14-11-23-17-4-5-18(24-19(14)17)25-20(27)13-2-3-15(21)16(22)10-13/h2-5,10-12,23H,6-9H2,1H3,(H,24,25,27). The largest absolute Gasteiger partial charge is 0.360 e. The molecule has 3 aromatic rings. The number of nitrogens with zero attached hydrogens (tertiary/aromatic N) is 2. The number of H-pyrrole nitrogens is 1. The summed E-state index contributed by atoms with van der Waals surface area (Å²) in [5.74, 6) is -1.76. The molecule has 0 radical (unpaired) electrons. The number of piperidine rings is 1. The van der Waals surface area contributed by atoms with Crippen LogP contribution in [0.25, 0.3) is 11.0 Å². The lowest BCUT2D eigenvalue weighted by molar-refractivity contribution is 0.102. The summed E-state index contributed by atoms with van der Waals surface area (Å²) in [4.78, 5) is 22.5. The fourth-order valence-corrected chi connectivity index (χ4v) is 3.55. The first-order chi connectivity index (χ1) is 13.0. The zero-order valence-corrected chi connectivity index (χ0v) is 14.9. The minimum atomic E-state index is -1.05. The summed E-state index contributed by atoms with van der Waals surface area (Å²) in [6.07, 6.45) is 4.13. The van der Waals surface area contributed by atoms with Crippen LogP contribution in [0.4, 0.5) is 14.6 Å². The van der Waals surface area contributed by atoms with Gasteiger partial charge in [0.25, 0.3) is 5.91 Å². The van der Waals surface area contributed by atoms with Gasteiger partial charge in [-0.2, -0.15) is 0 Å². The van der Waals surface area contributed by atoms with Gasteiger partial charge in [0.15, 0.2) is 11.6 Å². The van der Waals surface area contributed by atoms with Gasteiger partial charge in [-0.1, -0.05) is 0 Å². The SMILES string of the molecule is CN1CCC(c2c[nH]c3ccc(NC(=O)c4ccc(F)c(F)c4)nc23)CC1. The molecule has 1 aromatic carbocycles. The zero-order chi connectivity index (χ0) is 19.0. The molecule has 1 fully saturated rings. The molecule has 4 rings (SSSR count). The van der Waals surface area contributed by atoms with E-state index < -0.39 is 17.5 Å². The van der Waals surface area contributed by atoms with Crippen molar-refractivity contribution in [1.82, 2.24) is 14.9 Å². The number of pyridine rings is 1. The maximum atomic E-state index is 13.4. The molecule has 1 aliphatic rings. The Bertz CT molecular complexity index is 993. The minimum Gasteiger partial charge on any atom is -0.360 e. The second kappa shape index (κ2) is 7.08. The van der Waals surface area contributed by atoms with Crippen LogP contribution in [0.2, 0.25) is 0 Å². The molecule has 3 heterocycles. The molecule has 140 valence electrons. The van der Waals surface area contributed by atoms with Gasteiger partial charge in [-0.3, -0.25) is 4.79 Å². The fraction of sp³-hybridized carbons (Fsp3) is 0.300. The molecule has 2 N–H and O–H groups in total. The summed E-state index contributed by atoms with van der Waals surface area (Å²) in [7, 11) is 2.12. The average molecular weight is 370 g/mol. The number of halogens is 2. The number of likely N-dealkylation sites (tertiary alicyclic amines) is 1. The number of fused-ring (bicyclic) bond motifs is 1. The lowest BCUT2D eigenvalue weighted by Crippen LogP contribution is -2.29. The maximum absolute atomic E-state index is 13.4. The van der Waals surface area contributed by atoms with Gasteiger partial charge >= 0.3 is 0 Å². The fourth-order valence-electron chi connectivity index (χ4n) is 3.55. The molecule has 0 atom stereocenters. The third-order valence-electron chi connectivity index (χ3n) is 5.13. The van der Waals surface area contributed by atoms with Crippen molar-refractivity contribution in [3.8, 4) is 0 Å². The third kappa shape index (κ3) is 3.55. The molecule has 5 nitrogen and oxygen atoms in total. The van der Waals surface area contributed by atoms with Crippen molar-refractivity contribution in [2.45, 2.75) is 18.8 Å². The monoisotopic (exact) mass is 370 g/mol. The van der Waals surface area contributed by atoms with Crippen LogP contribution in [0.5, 0.6) is 0 Å². The van der Waals surface area contributed by atoms with Crippen molar-refractivity contribution in [1.29, 1.82) is 0 Å². The van der Waals surface area contributed by atoms with Gasteiger partial charge in [0, 0.05) is 11.8 Å². The molecule has 1 amide bonds. The first-order valence-corrected chi connectivity index (χ1v) is 8.94. The molecule has 0 aliphatic carbocycles. The quantitative estimate of drug-likeness (QED) is 0.735. The average Bonchev–Trinajstić information content (AvgIpc) is 3.08. The Kier molecular flexibility index (Phi) is 4.61. The molecule has 0 saturated carbocycles. The predicted molar refractivity (Wildman–Crippen MR) is 99.9 cm³/mol. The normalized spacial score (nSPS) is 16.0. The smallest absolute Gasteiger partial charge is 0.256 e. The van der Waals surface area contributed by atoms with E-state index in [1.807, 2.05) is 12.3 Å². The van der Waals surface area contributed by atoms with E-state index in [1.165, 1.54) is 6.07 Å². The number of carbonyl (C=O) groups is 1. The Labute approximate surface area is 155 Å². The molecule has 1 saturated heterocycles. The third-order valence-corrected chi connectivity index (χ3v) is 5.13. The number of hydrogen-bond acceptors (Lipinski definition) is 3. The highest BCUT2D eigenvalue weighted by molar-refractivity contribution is 6.04. The van der Waals surface area contributed by atoms with E-state index >= 15 is 0 Å². The Morgan fingerprint density at radius 3 is 2.70 bits per heavy atom. The Balaban J connectivity index is 1.58. The van der Waals surface area contributed by atoms with E-state index in [0.717, 1.165) is 54.7 Å². The highest BCUT2D eigenvalue weighted by Crippen LogP contribution is 2.32. The van der Waals surface area contributed by atoms with Crippen LogP contribution in [0.15, 0.2) is 36.5 Å². The Morgan fingerprint density at radius 2 is 1.96 bits per heavy atom. The number of amides is 1. The lowest BCUT2D eigenvalue weighted by atomic mass is 9.91. The molecular formula is C20H20F2N4O. The minimum absolute atomic E-state index is 0.0420. The number of anilines is 1. The lowest BCUT2D eigenvalue weighted by Gasteiger charge is -2.28. The topological polar surface area (TPSA) is 61.0 Å². The molecule has 2 aromatic heterocycles. The van der Waals surface area contributed by atoms with E-state index in [-0.39, 0.29) is 5.56 Å². The van der Waals surface area contributed by atoms with Gasteiger partial charge in [0.2, 0.25) is 0 Å². The van der Waals surface area contributed by atoms with E-state index in [1.54, 1.807) is 6.07 Å². The van der Waals surface area contributed by atoms with Gasteiger partial charge in [0.1, 0.15) is 5.82 Å². The number of aromatic nitrogens is 2. The first-order valence-electron chi connectivity index (χ1n) is 8.94. The predicted octanol–water partition coefficient (Wildman–Crippen LogP) is 3.90. The number of hydrogen-bond donors (Lipinski definition) is 2. The number of nitrogens with one attached hydrogen (secondary N) is 2. The summed E-state index contributed by atoms with van der Waals surface area (Å²) in [6.45, 7) is 2.09. The van der Waals surface area contributed by atoms with Gasteiger partial charge in [-0.15, -0.1) is 0 Å². The van der Waals surface area contributed by atoms with Crippen molar-refractivity contribution in [3.05, 3.63) is 59.3 Å². The van der Waals surface area contributed by atoms with Crippen molar-refractivity contribution in [2.75, 3.05) is 25.5 Å². The van der Waals surface area contributed by atoms with Crippen LogP contribution in [0, 0.1) is 11.6 Å². The van der Waals surface area contributed by atoms with Gasteiger partial charge in [0.05, 0.1) is 11.0 Å². The van der Waals surface area contributed by atoms with Crippen molar-refractivity contribution in [2.24, 2.45) is 0 Å². The van der Waals surface area contributed by atoms with E-state index in [9.17, 15) is 13.6 Å². The highest BCUT2D eigenvalue weighted by atomic mass is 19.2. The molecule has 0 unspecified atom stereocenters. The van der Waals surface area contributed by atoms with E-state index in [2.05, 4.69) is 27.2 Å². The van der Waals surface area contributed by atoms with Crippen molar-refractivity contribution < 1.29 is 13.6 Å². The van der Waals surface area contributed by atoms with Crippen LogP contribution in [-0.4, -0.2) is 40.9 Å². The molecule has 0 spiro atoms. The molecule has 7 heteroatoms. The molecule has 1 aliphatic heterocycles. The van der Waals surface area contributed by atoms with Crippen LogP contribution in [0.1, 0.15) is 34.7 Å². The van der Waals surface area contributed by atoms with Gasteiger partial charge in [-0.25, -0.2) is 13.8 Å². The van der Waals surface area contributed by atoms with Crippen molar-refractivity contribution >= 4 is 22.8 Å². The van der Waals surface area contributed by atoms with Crippen LogP contribution in [0.3, 0.4) is 0 Å². The van der Waals surface area contributed by atoms with E-state index in [0.29, 0.717) is 11.7 Å². The number of benzene rings is 1. The van der Waals surface area contributed by atoms with E-state index in [4.69, 9.17) is 0 Å². The number of carbonyl (C=O) groups excluding carboxylic acids is 1. The summed E-state index contributed by atoms with van der Waals surface area (Å²) < 4.78 is 26.4. The summed E-state index contributed by atoms with van der Waals surface area (Å²) in [5, 5.41) is 2.66. The van der Waals surface area contributed by atoms with Crippen LogP contribution < -0.4 is 5.32 Å². The van der Waals surface area contributed by atoms with Gasteiger partial charge < -0.3 is 15.2 Å². The van der Waals surface area contributed by atoms with Crippen molar-refractivity contribution in [3.63, 3.8) is 0 Å². The first kappa shape index (κ1) is 17.6. The number of rotatable bonds is 3. The molecule has 27 heavy (non-hydrogen) atoms. The molecule has 0 bridgehead atoms. The second-order valence-corrected chi connectivity index (χ2v) is 7.00. The van der Waals surface area contributed by atoms with Crippen LogP contribution >= 0.6 is 0 Å². The second-order valence-electron chi connectivity index (χ2n) is 7.00. The summed E-state index contributed by atoms with van der Waals surface area (Å²) >= 11 is 0. The zero-order valence-electron chi connectivity index (χ0n) is 14.9. The summed E-state index contributed by atoms with van der Waals surface area (Å²) in [5.41, 5.74) is 2.95. The number of aromatic amines is 1. The van der Waals surface area contributed by atoms with Gasteiger partial charge in [-0.05, 0) is 74.8 Å². The maximum Gasteiger partial charge on any atom is 0.256 e. The summed E-state index contributed by atoms with van der Waals surface area (Å²) in [6, 6.07) is 6.61. The Hall–Kier alpha value is -2.80. The molecular weight excluding hydrogens is 350 g/mol. The Morgan fingerprint density at radius 1 is 1.19 bits per heavy atom.